The lowest BCUT2D eigenvalue weighted by Gasteiger charge is -2.10. The summed E-state index contributed by atoms with van der Waals surface area (Å²) in [5.74, 6) is -0.415. The monoisotopic (exact) mass is 323 g/mol. The standard InChI is InChI=1S/C17H29N3O3/c1-11(2)10-20-14(5)15(13(4)19-20)6-7-16(21)18-9-12(3)8-17(22)23/h11-12H,6-10H2,1-5H3,(H,18,21)(H,22,23). The van der Waals surface area contributed by atoms with E-state index < -0.39 is 5.97 Å². The van der Waals surface area contributed by atoms with Crippen LogP contribution >= 0.6 is 0 Å². The van der Waals surface area contributed by atoms with Crippen molar-refractivity contribution < 1.29 is 14.7 Å². The molecule has 0 fully saturated rings. The molecule has 0 aliphatic carbocycles. The summed E-state index contributed by atoms with van der Waals surface area (Å²) in [6.45, 7) is 11.4. The molecule has 6 nitrogen and oxygen atoms in total. The van der Waals surface area contributed by atoms with Gasteiger partial charge in [-0.15, -0.1) is 0 Å². The van der Waals surface area contributed by atoms with Crippen LogP contribution in [0.2, 0.25) is 0 Å². The van der Waals surface area contributed by atoms with Crippen molar-refractivity contribution in [1.82, 2.24) is 15.1 Å². The molecule has 0 spiro atoms. The average Bonchev–Trinajstić information content (AvgIpc) is 2.67. The van der Waals surface area contributed by atoms with Crippen molar-refractivity contribution in [2.45, 2.75) is 60.4 Å². The molecule has 0 aliphatic rings. The Balaban J connectivity index is 2.50. The molecule has 0 saturated carbocycles. The van der Waals surface area contributed by atoms with E-state index in [0.29, 0.717) is 25.3 Å². The lowest BCUT2D eigenvalue weighted by molar-refractivity contribution is -0.138. The number of aryl methyl sites for hydroxylation is 1. The van der Waals surface area contributed by atoms with E-state index in [-0.39, 0.29) is 18.2 Å². The number of aliphatic carboxylic acids is 1. The second-order valence-corrected chi connectivity index (χ2v) is 6.73. The number of nitrogens with one attached hydrogen (secondary N) is 1. The third-order valence-corrected chi connectivity index (χ3v) is 3.84. The number of carboxylic acids is 1. The molecule has 0 bridgehead atoms. The summed E-state index contributed by atoms with van der Waals surface area (Å²) < 4.78 is 2.02. The fourth-order valence-corrected chi connectivity index (χ4v) is 2.60. The van der Waals surface area contributed by atoms with Gasteiger partial charge in [0.2, 0.25) is 5.91 Å². The number of amides is 1. The quantitative estimate of drug-likeness (QED) is 0.730. The Morgan fingerprint density at radius 1 is 1.26 bits per heavy atom. The molecular weight excluding hydrogens is 294 g/mol. The van der Waals surface area contributed by atoms with Crippen molar-refractivity contribution in [3.8, 4) is 0 Å². The van der Waals surface area contributed by atoms with Gasteiger partial charge >= 0.3 is 5.97 Å². The fourth-order valence-electron chi connectivity index (χ4n) is 2.60. The zero-order valence-corrected chi connectivity index (χ0v) is 14.8. The summed E-state index contributed by atoms with van der Waals surface area (Å²) in [4.78, 5) is 22.5. The lowest BCUT2D eigenvalue weighted by atomic mass is 10.1. The van der Waals surface area contributed by atoms with Crippen LogP contribution in [0.25, 0.3) is 0 Å². The number of rotatable bonds is 9. The molecule has 1 amide bonds. The second kappa shape index (κ2) is 8.70. The smallest absolute Gasteiger partial charge is 0.303 e. The number of hydrogen-bond donors (Lipinski definition) is 2. The summed E-state index contributed by atoms with van der Waals surface area (Å²) >= 11 is 0. The van der Waals surface area contributed by atoms with Gasteiger partial charge in [-0.3, -0.25) is 14.3 Å². The molecule has 0 aliphatic heterocycles. The molecule has 1 unspecified atom stereocenters. The van der Waals surface area contributed by atoms with Crippen LogP contribution in [-0.4, -0.2) is 33.3 Å². The topological polar surface area (TPSA) is 84.2 Å². The molecule has 0 aromatic carbocycles. The number of carbonyl (C=O) groups excluding carboxylic acids is 1. The van der Waals surface area contributed by atoms with Gasteiger partial charge in [0.25, 0.3) is 0 Å². The van der Waals surface area contributed by atoms with Crippen molar-refractivity contribution in [3.63, 3.8) is 0 Å². The Bertz CT molecular complexity index is 550. The third-order valence-electron chi connectivity index (χ3n) is 3.84. The number of carbonyl (C=O) groups is 2. The zero-order valence-electron chi connectivity index (χ0n) is 14.8. The molecule has 23 heavy (non-hydrogen) atoms. The highest BCUT2D eigenvalue weighted by Gasteiger charge is 2.14. The van der Waals surface area contributed by atoms with Crippen molar-refractivity contribution in [2.24, 2.45) is 11.8 Å². The SMILES string of the molecule is Cc1nn(CC(C)C)c(C)c1CCC(=O)NCC(C)CC(=O)O. The van der Waals surface area contributed by atoms with Crippen LogP contribution in [0.1, 0.15) is 50.6 Å². The van der Waals surface area contributed by atoms with Crippen molar-refractivity contribution in [3.05, 3.63) is 17.0 Å². The fraction of sp³-hybridized carbons (Fsp3) is 0.706. The van der Waals surface area contributed by atoms with Crippen LogP contribution < -0.4 is 5.32 Å². The van der Waals surface area contributed by atoms with E-state index in [0.717, 1.165) is 23.5 Å². The van der Waals surface area contributed by atoms with E-state index in [1.54, 1.807) is 0 Å². The van der Waals surface area contributed by atoms with Gasteiger partial charge in [-0.05, 0) is 37.7 Å². The number of hydrogen-bond acceptors (Lipinski definition) is 3. The van der Waals surface area contributed by atoms with E-state index in [1.165, 1.54) is 0 Å². The third kappa shape index (κ3) is 6.42. The molecule has 6 heteroatoms. The number of nitrogens with zero attached hydrogens (tertiary/aromatic N) is 2. The Morgan fingerprint density at radius 2 is 1.91 bits per heavy atom. The summed E-state index contributed by atoms with van der Waals surface area (Å²) in [5.41, 5.74) is 3.25. The number of carboxylic acid groups (broad SMARTS) is 1. The Hall–Kier alpha value is -1.85. The van der Waals surface area contributed by atoms with Crippen molar-refractivity contribution in [2.75, 3.05) is 6.54 Å². The minimum absolute atomic E-state index is 0.0438. The largest absolute Gasteiger partial charge is 0.481 e. The highest BCUT2D eigenvalue weighted by Crippen LogP contribution is 2.16. The maximum atomic E-state index is 11.9. The summed E-state index contributed by atoms with van der Waals surface area (Å²) in [6.07, 6.45) is 1.13. The molecule has 2 N–H and O–H groups in total. The first kappa shape index (κ1) is 19.2. The highest BCUT2D eigenvalue weighted by molar-refractivity contribution is 5.76. The first-order valence-electron chi connectivity index (χ1n) is 8.22. The van der Waals surface area contributed by atoms with Crippen molar-refractivity contribution >= 4 is 11.9 Å². The van der Waals surface area contributed by atoms with Crippen LogP contribution in [0.3, 0.4) is 0 Å². The van der Waals surface area contributed by atoms with Gasteiger partial charge in [-0.2, -0.15) is 5.10 Å². The Kier molecular flexibility index (Phi) is 7.26. The van der Waals surface area contributed by atoms with E-state index in [1.807, 2.05) is 25.5 Å². The van der Waals surface area contributed by atoms with Crippen molar-refractivity contribution in [1.29, 1.82) is 0 Å². The van der Waals surface area contributed by atoms with Gasteiger partial charge < -0.3 is 10.4 Å². The van der Waals surface area contributed by atoms with Gasteiger partial charge in [0.05, 0.1) is 5.69 Å². The molecule has 1 heterocycles. The van der Waals surface area contributed by atoms with Crippen LogP contribution in [0, 0.1) is 25.7 Å². The van der Waals surface area contributed by atoms with Gasteiger partial charge in [-0.25, -0.2) is 0 Å². The number of aromatic nitrogens is 2. The minimum Gasteiger partial charge on any atom is -0.481 e. The maximum absolute atomic E-state index is 11.9. The van der Waals surface area contributed by atoms with Crippen LogP contribution in [0.4, 0.5) is 0 Å². The molecule has 0 radical (unpaired) electrons. The molecular formula is C17H29N3O3. The molecule has 1 aromatic rings. The van der Waals surface area contributed by atoms with Crippen LogP contribution in [-0.2, 0) is 22.6 Å². The normalized spacial score (nSPS) is 12.4. The zero-order chi connectivity index (χ0) is 17.6. The molecule has 1 aromatic heterocycles. The maximum Gasteiger partial charge on any atom is 0.303 e. The summed E-state index contributed by atoms with van der Waals surface area (Å²) in [5, 5.41) is 16.1. The van der Waals surface area contributed by atoms with E-state index >= 15 is 0 Å². The first-order valence-corrected chi connectivity index (χ1v) is 8.22. The minimum atomic E-state index is -0.837. The highest BCUT2D eigenvalue weighted by atomic mass is 16.4. The Labute approximate surface area is 138 Å². The van der Waals surface area contributed by atoms with E-state index in [2.05, 4.69) is 24.3 Å². The molecule has 130 valence electrons. The van der Waals surface area contributed by atoms with Crippen LogP contribution in [0.5, 0.6) is 0 Å². The summed E-state index contributed by atoms with van der Waals surface area (Å²) in [6, 6.07) is 0. The molecule has 1 rings (SSSR count). The first-order chi connectivity index (χ1) is 10.7. The van der Waals surface area contributed by atoms with Gasteiger partial charge in [0.1, 0.15) is 0 Å². The predicted octanol–water partition coefficient (Wildman–Crippen LogP) is 2.32. The second-order valence-electron chi connectivity index (χ2n) is 6.73. The van der Waals surface area contributed by atoms with Gasteiger partial charge in [-0.1, -0.05) is 20.8 Å². The average molecular weight is 323 g/mol. The molecule has 1 atom stereocenters. The predicted molar refractivity (Wildman–Crippen MR) is 89.3 cm³/mol. The van der Waals surface area contributed by atoms with E-state index in [9.17, 15) is 9.59 Å². The van der Waals surface area contributed by atoms with Gasteiger partial charge in [0, 0.05) is 31.6 Å². The van der Waals surface area contributed by atoms with E-state index in [4.69, 9.17) is 5.11 Å². The summed E-state index contributed by atoms with van der Waals surface area (Å²) in [7, 11) is 0. The van der Waals surface area contributed by atoms with Crippen LogP contribution in [0.15, 0.2) is 0 Å². The molecule has 0 saturated heterocycles. The Morgan fingerprint density at radius 3 is 2.48 bits per heavy atom. The van der Waals surface area contributed by atoms with Gasteiger partial charge in [0.15, 0.2) is 0 Å². The lowest BCUT2D eigenvalue weighted by Crippen LogP contribution is -2.29.